The van der Waals surface area contributed by atoms with Crippen LogP contribution >= 0.6 is 11.6 Å². The van der Waals surface area contributed by atoms with Gasteiger partial charge in [-0.25, -0.2) is 13.8 Å². The number of ether oxygens (including phenoxy) is 1. The van der Waals surface area contributed by atoms with E-state index in [1.165, 1.54) is 6.20 Å². The Labute approximate surface area is 213 Å². The zero-order valence-corrected chi connectivity index (χ0v) is 21.1. The third-order valence-electron chi connectivity index (χ3n) is 7.48. The molecule has 5 rings (SSSR count). The number of halogens is 3. The summed E-state index contributed by atoms with van der Waals surface area (Å²) in [4.78, 5) is 13.0. The fourth-order valence-corrected chi connectivity index (χ4v) is 5.20. The van der Waals surface area contributed by atoms with Gasteiger partial charge in [-0.1, -0.05) is 11.6 Å². The van der Waals surface area contributed by atoms with Crippen LogP contribution in [0.15, 0.2) is 41.3 Å². The van der Waals surface area contributed by atoms with E-state index in [-0.39, 0.29) is 12.0 Å². The van der Waals surface area contributed by atoms with Crippen LogP contribution in [0.4, 0.5) is 20.3 Å². The number of pyridine rings is 1. The lowest BCUT2D eigenvalue weighted by molar-refractivity contribution is 0.00884. The van der Waals surface area contributed by atoms with Gasteiger partial charge in [0, 0.05) is 50.4 Å². The summed E-state index contributed by atoms with van der Waals surface area (Å²) >= 11 is 6.65. The van der Waals surface area contributed by atoms with Gasteiger partial charge in [-0.3, -0.25) is 9.89 Å². The largest absolute Gasteiger partial charge is 0.403 e. The number of nitrogens with two attached hydrogens (primary N) is 1. The number of hydrogen-bond acceptors (Lipinski definition) is 8. The minimum absolute atomic E-state index is 0.234. The smallest absolute Gasteiger partial charge is 0.272 e. The van der Waals surface area contributed by atoms with Crippen LogP contribution in [-0.4, -0.2) is 83.7 Å². The third kappa shape index (κ3) is 4.74. The lowest BCUT2D eigenvalue weighted by atomic mass is 9.95. The number of rotatable bonds is 6. The van der Waals surface area contributed by atoms with Gasteiger partial charge in [0.1, 0.15) is 11.9 Å². The molecule has 0 spiro atoms. The predicted octanol–water partition coefficient (Wildman–Crippen LogP) is 3.24. The number of nitrogens with zero attached hydrogens (tertiary/aromatic N) is 4. The molecule has 2 aromatic rings. The standard InChI is InChI=1S/C25H31ClF2N6O2/c1-15(31-21-10-25(21,27)28)19(11-29)32-23-9-16-8-20(18(26)7-17(16)12-30-23)33-3-5-34(6-4-33)24(2)14-36-13-22(24)35/h7-9,11-12,21-22,35H,3-6,10,13-14,29H2,1-2H3,(H,30,32)/b19-11+,31-15?. The summed E-state index contributed by atoms with van der Waals surface area (Å²) < 4.78 is 32.0. The van der Waals surface area contributed by atoms with Crippen molar-refractivity contribution in [3.05, 3.63) is 41.3 Å². The quantitative estimate of drug-likeness (QED) is 0.503. The van der Waals surface area contributed by atoms with Crippen LogP contribution in [0.1, 0.15) is 20.3 Å². The molecule has 1 saturated carbocycles. The summed E-state index contributed by atoms with van der Waals surface area (Å²) in [6, 6.07) is 4.82. The van der Waals surface area contributed by atoms with Crippen molar-refractivity contribution in [2.45, 2.75) is 43.9 Å². The van der Waals surface area contributed by atoms with Crippen LogP contribution in [0.3, 0.4) is 0 Å². The van der Waals surface area contributed by atoms with Gasteiger partial charge in [0.05, 0.1) is 47.0 Å². The lowest BCUT2D eigenvalue weighted by Gasteiger charge is -2.45. The topological polar surface area (TPSA) is 99.2 Å². The van der Waals surface area contributed by atoms with Crippen molar-refractivity contribution in [2.24, 2.45) is 10.7 Å². The van der Waals surface area contributed by atoms with Crippen molar-refractivity contribution in [3.63, 3.8) is 0 Å². The van der Waals surface area contributed by atoms with Crippen molar-refractivity contribution in [2.75, 3.05) is 49.6 Å². The number of piperazine rings is 1. The van der Waals surface area contributed by atoms with Gasteiger partial charge in [0.15, 0.2) is 0 Å². The number of aliphatic hydroxyl groups excluding tert-OH is 1. The molecule has 0 bridgehead atoms. The first-order valence-electron chi connectivity index (χ1n) is 12.1. The molecule has 194 valence electrons. The first-order valence-corrected chi connectivity index (χ1v) is 12.4. The summed E-state index contributed by atoms with van der Waals surface area (Å²) in [5, 5.41) is 15.9. The van der Waals surface area contributed by atoms with Crippen LogP contribution < -0.4 is 16.0 Å². The maximum Gasteiger partial charge on any atom is 0.272 e. The number of benzene rings is 1. The predicted molar refractivity (Wildman–Crippen MR) is 138 cm³/mol. The molecule has 2 aliphatic heterocycles. The van der Waals surface area contributed by atoms with Gasteiger partial charge in [0.25, 0.3) is 5.92 Å². The fraction of sp³-hybridized carbons (Fsp3) is 0.520. The molecule has 0 radical (unpaired) electrons. The number of aromatic nitrogens is 1. The SMILES string of the molecule is CC(=NC1CC1(F)F)/C(=C\N)Nc1cc2cc(N3CCN(C4(C)COCC4O)CC3)c(Cl)cc2cn1. The molecule has 3 atom stereocenters. The molecule has 11 heteroatoms. The van der Waals surface area contributed by atoms with Crippen molar-refractivity contribution >= 4 is 39.6 Å². The Morgan fingerprint density at radius 2 is 2.00 bits per heavy atom. The van der Waals surface area contributed by atoms with Crippen molar-refractivity contribution in [3.8, 4) is 0 Å². The summed E-state index contributed by atoms with van der Waals surface area (Å²) in [5.41, 5.74) is 7.14. The highest BCUT2D eigenvalue weighted by atomic mass is 35.5. The highest BCUT2D eigenvalue weighted by molar-refractivity contribution is 6.34. The van der Waals surface area contributed by atoms with E-state index in [0.29, 0.717) is 35.5 Å². The second kappa shape index (κ2) is 9.41. The Morgan fingerprint density at radius 3 is 2.61 bits per heavy atom. The van der Waals surface area contributed by atoms with Crippen molar-refractivity contribution in [1.82, 2.24) is 9.88 Å². The minimum Gasteiger partial charge on any atom is -0.403 e. The lowest BCUT2D eigenvalue weighted by Crippen LogP contribution is -2.60. The van der Waals surface area contributed by atoms with E-state index in [1.807, 2.05) is 18.2 Å². The molecular weight excluding hydrogens is 490 g/mol. The van der Waals surface area contributed by atoms with Crippen LogP contribution in [0.25, 0.3) is 10.8 Å². The van der Waals surface area contributed by atoms with Gasteiger partial charge in [-0.15, -0.1) is 0 Å². The first kappa shape index (κ1) is 25.1. The second-order valence-corrected chi connectivity index (χ2v) is 10.4. The van der Waals surface area contributed by atoms with Gasteiger partial charge < -0.3 is 25.8 Å². The number of anilines is 2. The molecular formula is C25H31ClF2N6O2. The molecule has 3 unspecified atom stereocenters. The molecule has 8 nitrogen and oxygen atoms in total. The van der Waals surface area contributed by atoms with Crippen LogP contribution in [0, 0.1) is 0 Å². The van der Waals surface area contributed by atoms with E-state index in [1.54, 1.807) is 13.1 Å². The third-order valence-corrected chi connectivity index (χ3v) is 7.78. The monoisotopic (exact) mass is 520 g/mol. The number of hydrogen-bond donors (Lipinski definition) is 3. The number of allylic oxidation sites excluding steroid dienone is 1. The molecule has 36 heavy (non-hydrogen) atoms. The highest BCUT2D eigenvalue weighted by Crippen LogP contribution is 2.44. The summed E-state index contributed by atoms with van der Waals surface area (Å²) in [6.07, 6.45) is 2.30. The van der Waals surface area contributed by atoms with E-state index in [2.05, 4.69) is 32.0 Å². The fourth-order valence-electron chi connectivity index (χ4n) is 4.91. The van der Waals surface area contributed by atoms with Crippen LogP contribution in [-0.2, 0) is 4.74 Å². The Bertz CT molecular complexity index is 1220. The summed E-state index contributed by atoms with van der Waals surface area (Å²) in [5.74, 6) is -2.20. The number of nitrogens with one attached hydrogen (secondary N) is 1. The molecule has 3 heterocycles. The normalized spacial score (nSPS) is 29.1. The molecule has 1 aromatic heterocycles. The first-order chi connectivity index (χ1) is 17.1. The van der Waals surface area contributed by atoms with Gasteiger partial charge >= 0.3 is 0 Å². The molecule has 3 fully saturated rings. The maximum absolute atomic E-state index is 13.3. The zero-order chi connectivity index (χ0) is 25.7. The molecule has 3 aliphatic rings. The van der Waals surface area contributed by atoms with E-state index in [0.717, 1.165) is 42.6 Å². The molecule has 4 N–H and O–H groups in total. The van der Waals surface area contributed by atoms with Crippen LogP contribution in [0.5, 0.6) is 0 Å². The Balaban J connectivity index is 1.32. The number of aliphatic hydroxyl groups is 1. The van der Waals surface area contributed by atoms with Gasteiger partial charge in [-0.2, -0.15) is 0 Å². The maximum atomic E-state index is 13.3. The molecule has 1 aromatic carbocycles. The number of fused-ring (bicyclic) bond motifs is 1. The van der Waals surface area contributed by atoms with Gasteiger partial charge in [-0.05, 0) is 37.4 Å². The van der Waals surface area contributed by atoms with Crippen LogP contribution in [0.2, 0.25) is 5.02 Å². The number of aliphatic imine (C=N–C) groups is 1. The zero-order valence-electron chi connectivity index (χ0n) is 20.3. The number of alkyl halides is 2. The average Bonchev–Trinajstić information content (AvgIpc) is 3.30. The second-order valence-electron chi connectivity index (χ2n) is 9.98. The summed E-state index contributed by atoms with van der Waals surface area (Å²) in [7, 11) is 0. The Kier molecular flexibility index (Phi) is 6.57. The Hall–Kier alpha value is -2.53. The highest BCUT2D eigenvalue weighted by Gasteiger charge is 2.57. The molecule has 0 amide bonds. The minimum atomic E-state index is -2.73. The Morgan fingerprint density at radius 1 is 1.28 bits per heavy atom. The molecule has 2 saturated heterocycles. The molecule has 1 aliphatic carbocycles. The van der Waals surface area contributed by atoms with Crippen molar-refractivity contribution < 1.29 is 18.6 Å². The van der Waals surface area contributed by atoms with E-state index in [9.17, 15) is 13.9 Å². The summed E-state index contributed by atoms with van der Waals surface area (Å²) in [6.45, 7) is 7.72. The van der Waals surface area contributed by atoms with Gasteiger partial charge in [0.2, 0.25) is 0 Å². The van der Waals surface area contributed by atoms with E-state index >= 15 is 0 Å². The van der Waals surface area contributed by atoms with E-state index < -0.39 is 18.1 Å². The average molecular weight is 521 g/mol. The van der Waals surface area contributed by atoms with Crippen molar-refractivity contribution in [1.29, 1.82) is 0 Å². The van der Waals surface area contributed by atoms with E-state index in [4.69, 9.17) is 22.1 Å².